The second-order valence-electron chi connectivity index (χ2n) is 7.43. The summed E-state index contributed by atoms with van der Waals surface area (Å²) in [6.07, 6.45) is 0.193. The lowest BCUT2D eigenvalue weighted by Gasteiger charge is -2.07. The average Bonchev–Trinajstić information content (AvgIpc) is 3.51. The van der Waals surface area contributed by atoms with E-state index in [-0.39, 0.29) is 31.0 Å². The number of fused-ring (bicyclic) bond motifs is 7. The van der Waals surface area contributed by atoms with Gasteiger partial charge in [0.1, 0.15) is 35.5 Å². The van der Waals surface area contributed by atoms with E-state index in [1.807, 2.05) is 0 Å². The van der Waals surface area contributed by atoms with E-state index < -0.39 is 17.9 Å². The normalized spacial score (nSPS) is 13.0. The van der Waals surface area contributed by atoms with Gasteiger partial charge in [0.25, 0.3) is 0 Å². The van der Waals surface area contributed by atoms with Crippen LogP contribution in [0.5, 0.6) is 5.75 Å². The van der Waals surface area contributed by atoms with Gasteiger partial charge in [-0.25, -0.2) is 14.4 Å². The zero-order chi connectivity index (χ0) is 21.9. The van der Waals surface area contributed by atoms with Crippen molar-refractivity contribution < 1.29 is 37.4 Å². The maximum atomic E-state index is 12.6. The summed E-state index contributed by atoms with van der Waals surface area (Å²) in [5, 5.41) is 0. The van der Waals surface area contributed by atoms with Crippen LogP contribution in [0.2, 0.25) is 0 Å². The van der Waals surface area contributed by atoms with Gasteiger partial charge in [-0.05, 0) is 19.1 Å². The molecule has 8 nitrogen and oxygen atoms in total. The van der Waals surface area contributed by atoms with E-state index >= 15 is 0 Å². The summed E-state index contributed by atoms with van der Waals surface area (Å²) in [4.78, 5) is 35.9. The topological polar surface area (TPSA) is 105 Å². The molecule has 5 rings (SSSR count). The summed E-state index contributed by atoms with van der Waals surface area (Å²) in [6.45, 7) is 9.07. The molecule has 0 amide bonds. The van der Waals surface area contributed by atoms with Gasteiger partial charge >= 0.3 is 17.9 Å². The van der Waals surface area contributed by atoms with Crippen LogP contribution in [-0.2, 0) is 38.7 Å². The molecule has 8 heteroatoms. The molecule has 0 radical (unpaired) electrons. The first-order valence-corrected chi connectivity index (χ1v) is 9.43. The Morgan fingerprint density at radius 2 is 1.84 bits per heavy atom. The van der Waals surface area contributed by atoms with Gasteiger partial charge in [0.2, 0.25) is 0 Å². The van der Waals surface area contributed by atoms with Crippen LogP contribution < -0.4 is 4.74 Å². The van der Waals surface area contributed by atoms with Crippen molar-refractivity contribution in [3.8, 4) is 5.75 Å². The Morgan fingerprint density at radius 1 is 1.06 bits per heavy atom. The first-order valence-electron chi connectivity index (χ1n) is 9.43. The Bertz CT molecular complexity index is 1380. The summed E-state index contributed by atoms with van der Waals surface area (Å²) in [7, 11) is 0. The monoisotopic (exact) mass is 420 g/mol. The van der Waals surface area contributed by atoms with Gasteiger partial charge in [0.05, 0.1) is 5.56 Å². The lowest BCUT2D eigenvalue weighted by atomic mass is 10.0. The van der Waals surface area contributed by atoms with Gasteiger partial charge in [-0.3, -0.25) is 0 Å². The van der Waals surface area contributed by atoms with Crippen LogP contribution in [0.15, 0.2) is 51.3 Å². The molecule has 31 heavy (non-hydrogen) atoms. The highest BCUT2D eigenvalue weighted by Gasteiger charge is 2.34. The number of hydrogen-bond donors (Lipinski definition) is 0. The first-order chi connectivity index (χ1) is 14.8. The number of carbonyl (C=O) groups is 3. The Kier molecular flexibility index (Phi) is 4.11. The molecule has 0 saturated heterocycles. The van der Waals surface area contributed by atoms with Gasteiger partial charge in [-0.15, -0.1) is 0 Å². The molecular formula is C23H16O8. The van der Waals surface area contributed by atoms with E-state index in [4.69, 9.17) is 23.0 Å². The summed E-state index contributed by atoms with van der Waals surface area (Å²) >= 11 is 0. The standard InChI is InChI=1S/C23H16O8/c1-10(2)21(24)27-8-13-6-14-5-12(19(13)29-14)4-11(3)22(25)31-17-7-16-18-15(20(17)30-16)9-28-23(18)26/h5-7H,1,3-4,8-9H2,2H3. The SMILES string of the molecule is C=C(C)C(=O)OCc1cc2cc(CC(=C)C(=O)Oc3cc4oc3c3c4C(=O)OC3)c1o2. The van der Waals surface area contributed by atoms with Crippen LogP contribution in [0.4, 0.5) is 0 Å². The van der Waals surface area contributed by atoms with E-state index in [0.717, 1.165) is 5.56 Å². The number of rotatable bonds is 7. The van der Waals surface area contributed by atoms with Crippen molar-refractivity contribution in [3.05, 3.63) is 64.8 Å². The highest BCUT2D eigenvalue weighted by molar-refractivity contribution is 6.06. The van der Waals surface area contributed by atoms with Crippen molar-refractivity contribution in [1.82, 2.24) is 0 Å². The van der Waals surface area contributed by atoms with Gasteiger partial charge in [-0.2, -0.15) is 0 Å². The number of esters is 3. The minimum atomic E-state index is -0.628. The second kappa shape index (κ2) is 6.73. The lowest BCUT2D eigenvalue weighted by Crippen LogP contribution is -2.12. The molecule has 0 aromatic carbocycles. The fourth-order valence-corrected chi connectivity index (χ4v) is 3.63. The molecule has 0 fully saturated rings. The quantitative estimate of drug-likeness (QED) is 0.250. The van der Waals surface area contributed by atoms with Crippen molar-refractivity contribution in [1.29, 1.82) is 0 Å². The third-order valence-electron chi connectivity index (χ3n) is 5.11. The summed E-state index contributed by atoms with van der Waals surface area (Å²) < 4.78 is 26.8. The fraction of sp³-hybridized carbons (Fsp3) is 0.174. The predicted molar refractivity (Wildman–Crippen MR) is 107 cm³/mol. The third-order valence-corrected chi connectivity index (χ3v) is 5.11. The van der Waals surface area contributed by atoms with Crippen LogP contribution in [-0.4, -0.2) is 17.9 Å². The molecule has 0 saturated carbocycles. The first kappa shape index (κ1) is 18.9. The van der Waals surface area contributed by atoms with Gasteiger partial charge in [0, 0.05) is 34.8 Å². The number of carbonyl (C=O) groups excluding carboxylic acids is 3. The van der Waals surface area contributed by atoms with Crippen molar-refractivity contribution >= 4 is 40.2 Å². The van der Waals surface area contributed by atoms with Crippen molar-refractivity contribution in [3.63, 3.8) is 0 Å². The Hall–Kier alpha value is -4.07. The lowest BCUT2D eigenvalue weighted by molar-refractivity contribution is -0.140. The van der Waals surface area contributed by atoms with Crippen molar-refractivity contribution in [2.45, 2.75) is 26.6 Å². The predicted octanol–water partition coefficient (Wildman–Crippen LogP) is 4.05. The summed E-state index contributed by atoms with van der Waals surface area (Å²) in [5.41, 5.74) is 4.73. The van der Waals surface area contributed by atoms with Crippen LogP contribution in [0.25, 0.3) is 22.3 Å². The molecule has 0 spiro atoms. The number of benzene rings is 2. The number of furan rings is 4. The Morgan fingerprint density at radius 3 is 2.58 bits per heavy atom. The molecule has 156 valence electrons. The van der Waals surface area contributed by atoms with Gasteiger partial charge in [0.15, 0.2) is 11.3 Å². The van der Waals surface area contributed by atoms with Crippen molar-refractivity contribution in [2.75, 3.05) is 0 Å². The molecule has 4 bridgehead atoms. The minimum Gasteiger partial charge on any atom is -0.457 e. The van der Waals surface area contributed by atoms with E-state index in [0.29, 0.717) is 44.6 Å². The minimum absolute atomic E-state index is 0.0399. The molecule has 1 aliphatic rings. The highest BCUT2D eigenvalue weighted by atomic mass is 16.6. The summed E-state index contributed by atoms with van der Waals surface area (Å²) in [5.74, 6) is -1.33. The molecule has 0 unspecified atom stereocenters. The zero-order valence-electron chi connectivity index (χ0n) is 16.5. The molecule has 5 heterocycles. The fourth-order valence-electron chi connectivity index (χ4n) is 3.63. The van der Waals surface area contributed by atoms with E-state index in [1.54, 1.807) is 19.1 Å². The third kappa shape index (κ3) is 3.04. The second-order valence-corrected chi connectivity index (χ2v) is 7.43. The highest BCUT2D eigenvalue weighted by Crippen LogP contribution is 2.41. The largest absolute Gasteiger partial charge is 0.457 e. The maximum Gasteiger partial charge on any atom is 0.342 e. The van der Waals surface area contributed by atoms with Crippen LogP contribution in [0.1, 0.15) is 34.0 Å². The van der Waals surface area contributed by atoms with Gasteiger partial charge < -0.3 is 23.0 Å². The number of ether oxygens (including phenoxy) is 3. The number of cyclic esters (lactones) is 1. The zero-order valence-corrected chi connectivity index (χ0v) is 16.5. The molecular weight excluding hydrogens is 404 g/mol. The van der Waals surface area contributed by atoms with E-state index in [9.17, 15) is 14.4 Å². The van der Waals surface area contributed by atoms with Crippen LogP contribution in [0, 0.1) is 0 Å². The molecule has 0 aliphatic carbocycles. The Balaban J connectivity index is 1.28. The molecule has 0 atom stereocenters. The van der Waals surface area contributed by atoms with Crippen LogP contribution >= 0.6 is 0 Å². The molecule has 4 aromatic heterocycles. The molecule has 0 N–H and O–H groups in total. The smallest absolute Gasteiger partial charge is 0.342 e. The summed E-state index contributed by atoms with van der Waals surface area (Å²) in [6, 6.07) is 5.06. The molecule has 4 aromatic rings. The Labute approximate surface area is 175 Å². The number of hydrogen-bond acceptors (Lipinski definition) is 8. The van der Waals surface area contributed by atoms with E-state index in [1.165, 1.54) is 6.07 Å². The van der Waals surface area contributed by atoms with Gasteiger partial charge in [-0.1, -0.05) is 13.2 Å². The molecule has 1 aliphatic heterocycles. The van der Waals surface area contributed by atoms with E-state index in [2.05, 4.69) is 13.2 Å². The maximum absolute atomic E-state index is 12.6. The average molecular weight is 420 g/mol. The van der Waals surface area contributed by atoms with Crippen LogP contribution in [0.3, 0.4) is 0 Å². The van der Waals surface area contributed by atoms with Crippen molar-refractivity contribution in [2.24, 2.45) is 0 Å².